The van der Waals surface area contributed by atoms with Crippen LogP contribution in [0.4, 0.5) is 0 Å². The molecule has 0 heterocycles. The monoisotopic (exact) mass is 299 g/mol. The van der Waals surface area contributed by atoms with Gasteiger partial charge in [-0.3, -0.25) is 0 Å². The molecule has 0 fully saturated rings. The second-order valence-electron chi connectivity index (χ2n) is 4.30. The van der Waals surface area contributed by atoms with Gasteiger partial charge in [-0.1, -0.05) is 6.08 Å². The predicted octanol–water partition coefficient (Wildman–Crippen LogP) is 1.64. The normalized spacial score (nSPS) is 11.6. The molecule has 112 valence electrons. The van der Waals surface area contributed by atoms with Crippen LogP contribution >= 0.6 is 0 Å². The van der Waals surface area contributed by atoms with Crippen LogP contribution in [0.25, 0.3) is 0 Å². The van der Waals surface area contributed by atoms with E-state index in [1.165, 1.54) is 16.4 Å². The number of hydrogen-bond acceptors (Lipinski definition) is 4. The molecule has 0 spiro atoms. The minimum atomic E-state index is -3.46. The zero-order valence-corrected chi connectivity index (χ0v) is 12.5. The summed E-state index contributed by atoms with van der Waals surface area (Å²) in [6, 6.07) is 6.18. The van der Waals surface area contributed by atoms with Crippen molar-refractivity contribution in [3.8, 4) is 5.75 Å². The summed E-state index contributed by atoms with van der Waals surface area (Å²) < 4.78 is 31.1. The number of aliphatic hydroxyl groups excluding tert-OH is 1. The lowest BCUT2D eigenvalue weighted by Gasteiger charge is -2.17. The number of nitrogens with zero attached hydrogens (tertiary/aromatic N) is 1. The standard InChI is InChI=1S/C14H21NO4S/c1-3-4-5-10-15(2)20(17,18)14-8-6-13(7-9-14)19-12-11-16/h3,6-9,16H,1,4-5,10-12H2,2H3. The van der Waals surface area contributed by atoms with Gasteiger partial charge in [0.05, 0.1) is 11.5 Å². The van der Waals surface area contributed by atoms with Crippen LogP contribution in [0.5, 0.6) is 5.75 Å². The molecular weight excluding hydrogens is 278 g/mol. The largest absolute Gasteiger partial charge is 0.491 e. The minimum Gasteiger partial charge on any atom is -0.491 e. The molecule has 0 radical (unpaired) electrons. The number of ether oxygens (including phenoxy) is 1. The molecule has 1 aromatic rings. The smallest absolute Gasteiger partial charge is 0.242 e. The van der Waals surface area contributed by atoms with Crippen molar-refractivity contribution >= 4 is 10.0 Å². The van der Waals surface area contributed by atoms with Gasteiger partial charge in [0.2, 0.25) is 10.0 Å². The molecule has 6 heteroatoms. The van der Waals surface area contributed by atoms with E-state index in [-0.39, 0.29) is 18.1 Å². The second kappa shape index (κ2) is 8.04. The highest BCUT2D eigenvalue weighted by molar-refractivity contribution is 7.89. The maximum atomic E-state index is 12.3. The van der Waals surface area contributed by atoms with Crippen molar-refractivity contribution in [2.24, 2.45) is 0 Å². The van der Waals surface area contributed by atoms with Crippen molar-refractivity contribution < 1.29 is 18.3 Å². The van der Waals surface area contributed by atoms with Crippen molar-refractivity contribution in [1.29, 1.82) is 0 Å². The lowest BCUT2D eigenvalue weighted by Crippen LogP contribution is -2.27. The summed E-state index contributed by atoms with van der Waals surface area (Å²) in [5.41, 5.74) is 0. The molecule has 0 aliphatic heterocycles. The molecule has 0 saturated heterocycles. The molecule has 0 aromatic heterocycles. The van der Waals surface area contributed by atoms with Crippen LogP contribution in [0.3, 0.4) is 0 Å². The summed E-state index contributed by atoms with van der Waals surface area (Å²) in [5, 5.41) is 8.65. The topological polar surface area (TPSA) is 66.8 Å². The molecule has 0 aliphatic carbocycles. The van der Waals surface area contributed by atoms with Crippen LogP contribution in [-0.4, -0.2) is 44.6 Å². The molecule has 20 heavy (non-hydrogen) atoms. The van der Waals surface area contributed by atoms with Gasteiger partial charge in [0, 0.05) is 13.6 Å². The van der Waals surface area contributed by atoms with Gasteiger partial charge >= 0.3 is 0 Å². The highest BCUT2D eigenvalue weighted by Gasteiger charge is 2.19. The third-order valence-corrected chi connectivity index (χ3v) is 4.64. The van der Waals surface area contributed by atoms with Crippen molar-refractivity contribution in [2.45, 2.75) is 17.7 Å². The molecule has 0 saturated carbocycles. The van der Waals surface area contributed by atoms with E-state index in [2.05, 4.69) is 6.58 Å². The molecule has 0 aliphatic rings. The van der Waals surface area contributed by atoms with Crippen molar-refractivity contribution in [2.75, 3.05) is 26.8 Å². The van der Waals surface area contributed by atoms with Crippen molar-refractivity contribution in [3.05, 3.63) is 36.9 Å². The van der Waals surface area contributed by atoms with Crippen LogP contribution in [0.1, 0.15) is 12.8 Å². The molecule has 1 aromatic carbocycles. The molecule has 0 amide bonds. The number of rotatable bonds is 9. The molecule has 0 bridgehead atoms. The number of sulfonamides is 1. The fourth-order valence-corrected chi connectivity index (χ4v) is 2.84. The maximum Gasteiger partial charge on any atom is 0.242 e. The molecule has 0 atom stereocenters. The molecular formula is C14H21NO4S. The fourth-order valence-electron chi connectivity index (χ4n) is 1.63. The van der Waals surface area contributed by atoms with E-state index >= 15 is 0 Å². The summed E-state index contributed by atoms with van der Waals surface area (Å²) in [6.45, 7) is 4.18. The Bertz CT molecular complexity index is 510. The first kappa shape index (κ1) is 16.7. The SMILES string of the molecule is C=CCCCN(C)S(=O)(=O)c1ccc(OCCO)cc1. The maximum absolute atomic E-state index is 12.3. The third-order valence-electron chi connectivity index (χ3n) is 2.77. The number of unbranched alkanes of at least 4 members (excludes halogenated alkanes) is 1. The number of allylic oxidation sites excluding steroid dienone is 1. The summed E-state index contributed by atoms with van der Waals surface area (Å²) >= 11 is 0. The van der Waals surface area contributed by atoms with Gasteiger partial charge in [-0.25, -0.2) is 12.7 Å². The first-order chi connectivity index (χ1) is 9.52. The highest BCUT2D eigenvalue weighted by Crippen LogP contribution is 2.19. The van der Waals surface area contributed by atoms with E-state index in [1.54, 1.807) is 25.3 Å². The molecule has 1 N–H and O–H groups in total. The van der Waals surface area contributed by atoms with E-state index in [0.29, 0.717) is 12.3 Å². The number of hydrogen-bond donors (Lipinski definition) is 1. The van der Waals surface area contributed by atoms with Crippen LogP contribution in [0.2, 0.25) is 0 Å². The Hall–Kier alpha value is -1.37. The van der Waals surface area contributed by atoms with Gasteiger partial charge in [0.25, 0.3) is 0 Å². The van der Waals surface area contributed by atoms with Crippen LogP contribution in [0.15, 0.2) is 41.8 Å². The van der Waals surface area contributed by atoms with Gasteiger partial charge in [0.15, 0.2) is 0 Å². The summed E-state index contributed by atoms with van der Waals surface area (Å²) in [5.74, 6) is 0.535. The van der Waals surface area contributed by atoms with Gasteiger partial charge in [-0.05, 0) is 37.1 Å². The first-order valence-electron chi connectivity index (χ1n) is 6.43. The average Bonchev–Trinajstić information content (AvgIpc) is 2.45. The summed E-state index contributed by atoms with van der Waals surface area (Å²) in [7, 11) is -1.90. The lowest BCUT2D eigenvalue weighted by atomic mass is 10.3. The van der Waals surface area contributed by atoms with Crippen molar-refractivity contribution in [3.63, 3.8) is 0 Å². The van der Waals surface area contributed by atoms with Gasteiger partial charge in [-0.15, -0.1) is 6.58 Å². The quantitative estimate of drug-likeness (QED) is 0.556. The van der Waals surface area contributed by atoms with E-state index in [1.807, 2.05) is 0 Å². The van der Waals surface area contributed by atoms with E-state index in [4.69, 9.17) is 9.84 Å². The molecule has 1 rings (SSSR count). The first-order valence-corrected chi connectivity index (χ1v) is 7.87. The molecule has 5 nitrogen and oxygen atoms in total. The fraction of sp³-hybridized carbons (Fsp3) is 0.429. The Morgan fingerprint density at radius 1 is 1.35 bits per heavy atom. The van der Waals surface area contributed by atoms with Gasteiger partial charge in [-0.2, -0.15) is 0 Å². The predicted molar refractivity (Wildman–Crippen MR) is 78.3 cm³/mol. The Balaban J connectivity index is 2.73. The Labute approximate surface area is 120 Å². The summed E-state index contributed by atoms with van der Waals surface area (Å²) in [4.78, 5) is 0.231. The van der Waals surface area contributed by atoms with Crippen LogP contribution in [0, 0.1) is 0 Å². The highest BCUT2D eigenvalue weighted by atomic mass is 32.2. The van der Waals surface area contributed by atoms with Gasteiger partial charge < -0.3 is 9.84 Å². The summed E-state index contributed by atoms with van der Waals surface area (Å²) in [6.07, 6.45) is 3.30. The number of benzene rings is 1. The average molecular weight is 299 g/mol. The van der Waals surface area contributed by atoms with Crippen LogP contribution < -0.4 is 4.74 Å². The van der Waals surface area contributed by atoms with E-state index in [9.17, 15) is 8.42 Å². The second-order valence-corrected chi connectivity index (χ2v) is 6.35. The van der Waals surface area contributed by atoms with E-state index < -0.39 is 10.0 Å². The minimum absolute atomic E-state index is 0.0773. The van der Waals surface area contributed by atoms with Gasteiger partial charge in [0.1, 0.15) is 12.4 Å². The molecule has 0 unspecified atom stereocenters. The Kier molecular flexibility index (Phi) is 6.70. The third kappa shape index (κ3) is 4.63. The zero-order chi connectivity index (χ0) is 15.0. The van der Waals surface area contributed by atoms with E-state index in [0.717, 1.165) is 12.8 Å². The zero-order valence-electron chi connectivity index (χ0n) is 11.7. The lowest BCUT2D eigenvalue weighted by molar-refractivity contribution is 0.201. The Morgan fingerprint density at radius 2 is 2.00 bits per heavy atom. The number of aliphatic hydroxyl groups is 1. The van der Waals surface area contributed by atoms with Crippen LogP contribution in [-0.2, 0) is 10.0 Å². The Morgan fingerprint density at radius 3 is 2.55 bits per heavy atom. The van der Waals surface area contributed by atoms with Crippen molar-refractivity contribution in [1.82, 2.24) is 4.31 Å².